The predicted molar refractivity (Wildman–Crippen MR) is 252 cm³/mol. The molecule has 0 aromatic heterocycles. The molecule has 0 spiro atoms. The molecule has 0 unspecified atom stereocenters. The Morgan fingerprint density at radius 2 is 1.17 bits per heavy atom. The normalized spacial score (nSPS) is 12.7. The van der Waals surface area contributed by atoms with E-state index in [-0.39, 0.29) is 5.41 Å². The van der Waals surface area contributed by atoms with E-state index in [0.717, 1.165) is 61.4 Å². The number of para-hydroxylation sites is 2. The molecule has 0 aliphatic carbocycles. The lowest BCUT2D eigenvalue weighted by Gasteiger charge is -2.37. The third-order valence-electron chi connectivity index (χ3n) is 12.0. The largest absolute Gasteiger partial charge is 0.450 e. The van der Waals surface area contributed by atoms with Gasteiger partial charge in [-0.3, -0.25) is 0 Å². The van der Waals surface area contributed by atoms with Gasteiger partial charge in [0.2, 0.25) is 0 Å². The summed E-state index contributed by atoms with van der Waals surface area (Å²) in [6.45, 7) is 8.98. The number of benzene rings is 9. The summed E-state index contributed by atoms with van der Waals surface area (Å²) < 4.78 is 13.1. The molecule has 2 aliphatic heterocycles. The van der Waals surface area contributed by atoms with Gasteiger partial charge in [0.25, 0.3) is 0 Å². The Balaban J connectivity index is 1.16. The van der Waals surface area contributed by atoms with E-state index in [1.165, 1.54) is 32.8 Å². The van der Waals surface area contributed by atoms with E-state index in [9.17, 15) is 0 Å². The highest BCUT2D eigenvalue weighted by Crippen LogP contribution is 2.50. The van der Waals surface area contributed by atoms with Crippen LogP contribution in [0.15, 0.2) is 176 Å². The van der Waals surface area contributed by atoms with Gasteiger partial charge in [-0.05, 0) is 128 Å². The van der Waals surface area contributed by atoms with E-state index in [1.54, 1.807) is 0 Å². The number of nitrogens with one attached hydrogen (secondary N) is 1. The standard InChI is InChI=1S/C55H42BN2O2/c1-34-28-38(35-14-6-5-7-15-35)22-27-46(34)58-47-33-52-51(59-49-20-12-13-21-50(49)60-52)32-44(47)56-54-48(58)31-39-18-10-11-19-42(39)53(54)43-29-36-16-8-9-17-37(36)30-45(43)57-41-25-23-40(24-26-41)55(2,3)4/h5-33,57H,1-4H3. The second-order valence-corrected chi connectivity index (χ2v) is 17.0. The minimum absolute atomic E-state index is 0.0622. The average molecular weight is 774 g/mol. The summed E-state index contributed by atoms with van der Waals surface area (Å²) in [5.74, 6) is 2.79. The zero-order valence-electron chi connectivity index (χ0n) is 34.1. The fourth-order valence-corrected chi connectivity index (χ4v) is 8.88. The first-order valence-electron chi connectivity index (χ1n) is 20.7. The molecule has 0 saturated carbocycles. The number of ether oxygens (including phenoxy) is 2. The van der Waals surface area contributed by atoms with Crippen molar-refractivity contribution in [3.63, 3.8) is 0 Å². The highest BCUT2D eigenvalue weighted by molar-refractivity contribution is 6.74. The van der Waals surface area contributed by atoms with Gasteiger partial charge in [0.05, 0.1) is 0 Å². The van der Waals surface area contributed by atoms with Crippen LogP contribution in [-0.2, 0) is 5.41 Å². The number of hydrogen-bond acceptors (Lipinski definition) is 4. The van der Waals surface area contributed by atoms with Crippen molar-refractivity contribution in [2.45, 2.75) is 33.1 Å². The summed E-state index contributed by atoms with van der Waals surface area (Å²) in [4.78, 5) is 2.42. The lowest BCUT2D eigenvalue weighted by molar-refractivity contribution is 0.360. The van der Waals surface area contributed by atoms with Crippen molar-refractivity contribution >= 4 is 68.2 Å². The molecule has 11 rings (SSSR count). The molecule has 1 N–H and O–H groups in total. The summed E-state index contributed by atoms with van der Waals surface area (Å²) in [6.07, 6.45) is 0. The zero-order valence-corrected chi connectivity index (χ0v) is 34.1. The van der Waals surface area contributed by atoms with Gasteiger partial charge >= 0.3 is 0 Å². The number of aryl methyl sites for hydroxylation is 1. The molecule has 60 heavy (non-hydrogen) atoms. The number of nitrogens with zero attached hydrogens (tertiary/aromatic N) is 1. The van der Waals surface area contributed by atoms with Gasteiger partial charge in [0.1, 0.15) is 0 Å². The third kappa shape index (κ3) is 6.17. The van der Waals surface area contributed by atoms with Crippen molar-refractivity contribution in [1.29, 1.82) is 0 Å². The molecule has 1 radical (unpaired) electrons. The molecule has 0 bridgehead atoms. The van der Waals surface area contributed by atoms with Gasteiger partial charge in [-0.15, -0.1) is 0 Å². The number of hydrogen-bond donors (Lipinski definition) is 1. The zero-order chi connectivity index (χ0) is 40.5. The Labute approximate surface area is 351 Å². The van der Waals surface area contributed by atoms with Gasteiger partial charge in [-0.25, -0.2) is 0 Å². The maximum atomic E-state index is 6.55. The van der Waals surface area contributed by atoms with E-state index in [2.05, 4.69) is 197 Å². The number of anilines is 5. The van der Waals surface area contributed by atoms with Gasteiger partial charge in [0.15, 0.2) is 30.3 Å². The second kappa shape index (κ2) is 14.0. The van der Waals surface area contributed by atoms with Crippen molar-refractivity contribution < 1.29 is 9.47 Å². The topological polar surface area (TPSA) is 33.7 Å². The maximum absolute atomic E-state index is 6.55. The molecule has 0 saturated heterocycles. The Bertz CT molecular complexity index is 3150. The fourth-order valence-electron chi connectivity index (χ4n) is 8.88. The highest BCUT2D eigenvalue weighted by Gasteiger charge is 2.33. The summed E-state index contributed by atoms with van der Waals surface area (Å²) >= 11 is 0. The first-order valence-corrected chi connectivity index (χ1v) is 20.7. The van der Waals surface area contributed by atoms with Crippen molar-refractivity contribution in [3.8, 4) is 45.3 Å². The van der Waals surface area contributed by atoms with Crippen LogP contribution < -0.4 is 30.6 Å². The maximum Gasteiger partial charge on any atom is 0.198 e. The Kier molecular flexibility index (Phi) is 8.35. The Morgan fingerprint density at radius 3 is 1.88 bits per heavy atom. The van der Waals surface area contributed by atoms with Crippen molar-refractivity contribution in [1.82, 2.24) is 0 Å². The number of rotatable bonds is 5. The molecule has 287 valence electrons. The van der Waals surface area contributed by atoms with Crippen LogP contribution in [0.4, 0.5) is 28.4 Å². The molecular weight excluding hydrogens is 731 g/mol. The van der Waals surface area contributed by atoms with E-state index in [4.69, 9.17) is 9.47 Å². The van der Waals surface area contributed by atoms with Crippen LogP contribution in [0.25, 0.3) is 43.8 Å². The van der Waals surface area contributed by atoms with E-state index in [1.807, 2.05) is 24.3 Å². The molecule has 0 fully saturated rings. The molecule has 2 heterocycles. The molecule has 4 nitrogen and oxygen atoms in total. The smallest absolute Gasteiger partial charge is 0.198 e. The number of fused-ring (bicyclic) bond motifs is 6. The van der Waals surface area contributed by atoms with E-state index in [0.29, 0.717) is 23.0 Å². The Hall–Kier alpha value is -7.24. The molecule has 0 amide bonds. The first-order chi connectivity index (χ1) is 29.2. The predicted octanol–water partition coefficient (Wildman–Crippen LogP) is 14.0. The molecule has 2 aliphatic rings. The lowest BCUT2D eigenvalue weighted by Crippen LogP contribution is -2.41. The van der Waals surface area contributed by atoms with Gasteiger partial charge in [0, 0.05) is 40.1 Å². The van der Waals surface area contributed by atoms with Gasteiger partial charge in [-0.2, -0.15) is 0 Å². The summed E-state index contributed by atoms with van der Waals surface area (Å²) in [5.41, 5.74) is 14.7. The summed E-state index contributed by atoms with van der Waals surface area (Å²) in [7, 11) is 2.35. The van der Waals surface area contributed by atoms with Crippen molar-refractivity contribution in [2.24, 2.45) is 0 Å². The van der Waals surface area contributed by atoms with Crippen LogP contribution >= 0.6 is 0 Å². The van der Waals surface area contributed by atoms with Crippen molar-refractivity contribution in [3.05, 3.63) is 187 Å². The average Bonchev–Trinajstić information content (AvgIpc) is 3.26. The second-order valence-electron chi connectivity index (χ2n) is 17.0. The molecule has 9 aromatic carbocycles. The first kappa shape index (κ1) is 35.9. The van der Waals surface area contributed by atoms with Gasteiger partial charge < -0.3 is 19.7 Å². The lowest BCUT2D eigenvalue weighted by atomic mass is 9.57. The molecule has 0 atom stereocenters. The fraction of sp³-hybridized carbons (Fsp3) is 0.0909. The van der Waals surface area contributed by atoms with E-state index >= 15 is 0 Å². The van der Waals surface area contributed by atoms with Crippen LogP contribution in [0.5, 0.6) is 23.0 Å². The summed E-state index contributed by atoms with van der Waals surface area (Å²) in [5, 5.41) is 8.59. The quantitative estimate of drug-likeness (QED) is 0.177. The van der Waals surface area contributed by atoms with Crippen LogP contribution in [0.1, 0.15) is 31.9 Å². The monoisotopic (exact) mass is 773 g/mol. The highest BCUT2D eigenvalue weighted by atomic mass is 16.6. The van der Waals surface area contributed by atoms with Gasteiger partial charge in [-0.1, -0.05) is 135 Å². The Morgan fingerprint density at radius 1 is 0.517 bits per heavy atom. The van der Waals surface area contributed by atoms with Crippen LogP contribution in [0.3, 0.4) is 0 Å². The minimum Gasteiger partial charge on any atom is -0.450 e. The summed E-state index contributed by atoms with van der Waals surface area (Å²) in [6, 6.07) is 62.9. The third-order valence-corrected chi connectivity index (χ3v) is 12.0. The van der Waals surface area contributed by atoms with Crippen molar-refractivity contribution in [2.75, 3.05) is 10.2 Å². The van der Waals surface area contributed by atoms with E-state index < -0.39 is 0 Å². The van der Waals surface area contributed by atoms with Crippen LogP contribution in [-0.4, -0.2) is 7.28 Å². The minimum atomic E-state index is 0.0622. The molecule has 5 heteroatoms. The SMILES string of the molecule is Cc1cc(-c2ccccc2)ccc1N1c2cc3c(cc2[B]c2c1cc1ccccc1c2-c1cc2ccccc2cc1Nc1ccc(C(C)(C)C)cc1)Oc1ccccc1O3. The van der Waals surface area contributed by atoms with Crippen LogP contribution in [0, 0.1) is 6.92 Å². The molecular formula is C55H42BN2O2. The molecule has 9 aromatic rings. The van der Waals surface area contributed by atoms with Crippen LogP contribution in [0.2, 0.25) is 0 Å².